The number of hydrogen-bond acceptors (Lipinski definition) is 2. The molecular weight excluding hydrogens is 293 g/mol. The van der Waals surface area contributed by atoms with Crippen molar-refractivity contribution in [1.29, 1.82) is 0 Å². The molecule has 4 nitrogen and oxygen atoms in total. The van der Waals surface area contributed by atoms with Crippen molar-refractivity contribution in [3.8, 4) is 0 Å². The van der Waals surface area contributed by atoms with Crippen molar-refractivity contribution in [2.75, 3.05) is 13.1 Å². The minimum atomic E-state index is 0.0550. The van der Waals surface area contributed by atoms with E-state index in [-0.39, 0.29) is 5.91 Å². The smallest absolute Gasteiger partial charge is 0.273 e. The molecule has 1 aromatic heterocycles. The highest BCUT2D eigenvalue weighted by Crippen LogP contribution is 2.12. The van der Waals surface area contributed by atoms with Crippen molar-refractivity contribution in [3.63, 3.8) is 0 Å². The first-order chi connectivity index (χ1) is 6.61. The standard InChI is InChI=1S/C9H14IN3O/c1-4-13(5-2)9(14)8-7(10)6-11-12(8)3/h6H,4-5H2,1-3H3. The molecule has 14 heavy (non-hydrogen) atoms. The molecule has 0 aliphatic rings. The monoisotopic (exact) mass is 307 g/mol. The van der Waals surface area contributed by atoms with E-state index in [4.69, 9.17) is 0 Å². The number of aromatic nitrogens is 2. The van der Waals surface area contributed by atoms with Gasteiger partial charge in [0, 0.05) is 20.1 Å². The summed E-state index contributed by atoms with van der Waals surface area (Å²) in [6.45, 7) is 5.42. The van der Waals surface area contributed by atoms with Crippen LogP contribution in [0.3, 0.4) is 0 Å². The number of carbonyl (C=O) groups is 1. The van der Waals surface area contributed by atoms with Crippen LogP contribution in [0, 0.1) is 3.57 Å². The lowest BCUT2D eigenvalue weighted by molar-refractivity contribution is 0.0761. The summed E-state index contributed by atoms with van der Waals surface area (Å²) in [7, 11) is 1.79. The fourth-order valence-corrected chi connectivity index (χ4v) is 2.02. The highest BCUT2D eigenvalue weighted by Gasteiger charge is 2.19. The van der Waals surface area contributed by atoms with E-state index in [1.54, 1.807) is 22.8 Å². The van der Waals surface area contributed by atoms with Gasteiger partial charge in [-0.2, -0.15) is 5.10 Å². The SMILES string of the molecule is CCN(CC)C(=O)c1c(I)cnn1C. The summed E-state index contributed by atoms with van der Waals surface area (Å²) >= 11 is 2.13. The Bertz CT molecular complexity index is 311. The highest BCUT2D eigenvalue weighted by molar-refractivity contribution is 14.1. The molecular formula is C9H14IN3O. The van der Waals surface area contributed by atoms with Gasteiger partial charge in [0.15, 0.2) is 0 Å². The molecule has 1 aromatic rings. The molecule has 0 bridgehead atoms. The number of nitrogens with zero attached hydrogens (tertiary/aromatic N) is 3. The van der Waals surface area contributed by atoms with Gasteiger partial charge in [0.1, 0.15) is 5.69 Å². The minimum Gasteiger partial charge on any atom is -0.338 e. The quantitative estimate of drug-likeness (QED) is 0.794. The summed E-state index contributed by atoms with van der Waals surface area (Å²) in [5.41, 5.74) is 0.675. The van der Waals surface area contributed by atoms with Crippen LogP contribution in [-0.4, -0.2) is 33.7 Å². The van der Waals surface area contributed by atoms with E-state index in [9.17, 15) is 4.79 Å². The van der Waals surface area contributed by atoms with Crippen molar-refractivity contribution in [2.45, 2.75) is 13.8 Å². The molecule has 0 atom stereocenters. The topological polar surface area (TPSA) is 38.1 Å². The highest BCUT2D eigenvalue weighted by atomic mass is 127. The molecule has 0 radical (unpaired) electrons. The van der Waals surface area contributed by atoms with Crippen LogP contribution in [0.4, 0.5) is 0 Å². The lowest BCUT2D eigenvalue weighted by Crippen LogP contribution is -2.32. The molecule has 1 amide bonds. The van der Waals surface area contributed by atoms with E-state index in [1.807, 2.05) is 13.8 Å². The maximum Gasteiger partial charge on any atom is 0.273 e. The van der Waals surface area contributed by atoms with Crippen LogP contribution in [0.15, 0.2) is 6.20 Å². The number of rotatable bonds is 3. The van der Waals surface area contributed by atoms with Gasteiger partial charge in [-0.1, -0.05) is 0 Å². The Kier molecular flexibility index (Phi) is 3.91. The van der Waals surface area contributed by atoms with Crippen LogP contribution >= 0.6 is 22.6 Å². The summed E-state index contributed by atoms with van der Waals surface area (Å²) in [4.78, 5) is 13.8. The molecule has 1 heterocycles. The molecule has 0 fully saturated rings. The van der Waals surface area contributed by atoms with Gasteiger partial charge in [-0.3, -0.25) is 9.48 Å². The van der Waals surface area contributed by atoms with E-state index in [0.717, 1.165) is 16.7 Å². The third kappa shape index (κ3) is 2.08. The average Bonchev–Trinajstić information content (AvgIpc) is 2.48. The molecule has 0 unspecified atom stereocenters. The largest absolute Gasteiger partial charge is 0.338 e. The van der Waals surface area contributed by atoms with Gasteiger partial charge >= 0.3 is 0 Å². The van der Waals surface area contributed by atoms with Crippen molar-refractivity contribution in [1.82, 2.24) is 14.7 Å². The molecule has 0 aliphatic heterocycles. The Hall–Kier alpha value is -0.590. The summed E-state index contributed by atoms with van der Waals surface area (Å²) < 4.78 is 2.53. The second-order valence-electron chi connectivity index (χ2n) is 2.94. The number of hydrogen-bond donors (Lipinski definition) is 0. The van der Waals surface area contributed by atoms with Crippen LogP contribution in [-0.2, 0) is 7.05 Å². The molecule has 0 aliphatic carbocycles. The summed E-state index contributed by atoms with van der Waals surface area (Å²) in [5, 5.41) is 4.05. The van der Waals surface area contributed by atoms with Crippen molar-refractivity contribution in [2.24, 2.45) is 7.05 Å². The Morgan fingerprint density at radius 2 is 2.14 bits per heavy atom. The first kappa shape index (κ1) is 11.5. The normalized spacial score (nSPS) is 10.3. The zero-order valence-corrected chi connectivity index (χ0v) is 10.8. The maximum atomic E-state index is 12.0. The number of aryl methyl sites for hydroxylation is 1. The van der Waals surface area contributed by atoms with Crippen molar-refractivity contribution < 1.29 is 4.79 Å². The van der Waals surface area contributed by atoms with Gasteiger partial charge in [0.05, 0.1) is 9.77 Å². The van der Waals surface area contributed by atoms with Gasteiger partial charge in [-0.25, -0.2) is 0 Å². The fourth-order valence-electron chi connectivity index (χ4n) is 1.31. The van der Waals surface area contributed by atoms with Crippen LogP contribution in [0.1, 0.15) is 24.3 Å². The molecule has 1 rings (SSSR count). The number of halogens is 1. The van der Waals surface area contributed by atoms with Crippen molar-refractivity contribution >= 4 is 28.5 Å². The van der Waals surface area contributed by atoms with Crippen LogP contribution in [0.5, 0.6) is 0 Å². The molecule has 0 spiro atoms. The van der Waals surface area contributed by atoms with E-state index >= 15 is 0 Å². The molecule has 0 saturated heterocycles. The van der Waals surface area contributed by atoms with E-state index in [0.29, 0.717) is 5.69 Å². The van der Waals surface area contributed by atoms with E-state index < -0.39 is 0 Å². The maximum absolute atomic E-state index is 12.0. The molecule has 5 heteroatoms. The fraction of sp³-hybridized carbons (Fsp3) is 0.556. The van der Waals surface area contributed by atoms with Gasteiger partial charge in [0.2, 0.25) is 0 Å². The number of carbonyl (C=O) groups excluding carboxylic acids is 1. The van der Waals surface area contributed by atoms with E-state index in [1.165, 1.54) is 0 Å². The van der Waals surface area contributed by atoms with Crippen LogP contribution < -0.4 is 0 Å². The summed E-state index contributed by atoms with van der Waals surface area (Å²) in [5.74, 6) is 0.0550. The average molecular weight is 307 g/mol. The second-order valence-corrected chi connectivity index (χ2v) is 4.10. The predicted octanol–water partition coefficient (Wildman–Crippen LogP) is 1.51. The molecule has 0 aromatic carbocycles. The van der Waals surface area contributed by atoms with Gasteiger partial charge in [-0.05, 0) is 36.4 Å². The van der Waals surface area contributed by atoms with E-state index in [2.05, 4.69) is 27.7 Å². The summed E-state index contributed by atoms with van der Waals surface area (Å²) in [6, 6.07) is 0. The third-order valence-corrected chi connectivity index (χ3v) is 2.94. The third-order valence-electron chi connectivity index (χ3n) is 2.15. The Morgan fingerprint density at radius 1 is 1.57 bits per heavy atom. The Morgan fingerprint density at radius 3 is 2.50 bits per heavy atom. The van der Waals surface area contributed by atoms with Gasteiger partial charge < -0.3 is 4.90 Å². The zero-order valence-electron chi connectivity index (χ0n) is 8.62. The van der Waals surface area contributed by atoms with Crippen LogP contribution in [0.2, 0.25) is 0 Å². The summed E-state index contributed by atoms with van der Waals surface area (Å²) in [6.07, 6.45) is 1.71. The van der Waals surface area contributed by atoms with Gasteiger partial charge in [-0.15, -0.1) is 0 Å². The lowest BCUT2D eigenvalue weighted by atomic mass is 10.3. The first-order valence-electron chi connectivity index (χ1n) is 4.58. The molecule has 0 N–H and O–H groups in total. The zero-order chi connectivity index (χ0) is 10.7. The Balaban J connectivity index is 2.99. The second kappa shape index (κ2) is 4.77. The predicted molar refractivity (Wildman–Crippen MR) is 63.2 cm³/mol. The number of amides is 1. The minimum absolute atomic E-state index is 0.0550. The van der Waals surface area contributed by atoms with Gasteiger partial charge in [0.25, 0.3) is 5.91 Å². The lowest BCUT2D eigenvalue weighted by Gasteiger charge is -2.18. The first-order valence-corrected chi connectivity index (χ1v) is 5.66. The molecule has 0 saturated carbocycles. The van der Waals surface area contributed by atoms with Crippen molar-refractivity contribution in [3.05, 3.63) is 15.5 Å². The molecule has 78 valence electrons. The Labute approximate surface area is 97.4 Å². The van der Waals surface area contributed by atoms with Crippen LogP contribution in [0.25, 0.3) is 0 Å².